The van der Waals surface area contributed by atoms with Gasteiger partial charge in [-0.3, -0.25) is 9.78 Å². The Labute approximate surface area is 123 Å². The van der Waals surface area contributed by atoms with Gasteiger partial charge < -0.3 is 5.32 Å². The van der Waals surface area contributed by atoms with Crippen molar-refractivity contribution in [2.45, 2.75) is 13.5 Å². The molecule has 3 aromatic heterocycles. The molecule has 3 aromatic rings. The van der Waals surface area contributed by atoms with Crippen molar-refractivity contribution in [3.63, 3.8) is 0 Å². The Morgan fingerprint density at radius 2 is 2.38 bits per heavy atom. The molecule has 0 fully saturated rings. The summed E-state index contributed by atoms with van der Waals surface area (Å²) in [6.45, 7) is 2.20. The lowest BCUT2D eigenvalue weighted by Gasteiger charge is -2.03. The van der Waals surface area contributed by atoms with E-state index in [0.717, 1.165) is 5.56 Å². The van der Waals surface area contributed by atoms with Crippen molar-refractivity contribution in [2.75, 3.05) is 0 Å². The number of thiazole rings is 1. The first-order chi connectivity index (χ1) is 10.2. The second-order valence-corrected chi connectivity index (χ2v) is 5.21. The van der Waals surface area contributed by atoms with E-state index >= 15 is 0 Å². The Hall–Kier alpha value is -2.68. The zero-order valence-corrected chi connectivity index (χ0v) is 11.9. The van der Waals surface area contributed by atoms with Crippen LogP contribution in [0.15, 0.2) is 24.5 Å². The standard InChI is InChI=1S/C12H11N7OS/c1-7-9(21-12(15-7)10-16-18-19-17-10)11(20)14-6-8-3-2-4-13-5-8/h2-5H,6H2,1H3,(H,14,20)(H,16,17,18,19). The second kappa shape index (κ2) is 5.75. The molecule has 0 unspecified atom stereocenters. The molecule has 0 radical (unpaired) electrons. The molecule has 0 aliphatic rings. The summed E-state index contributed by atoms with van der Waals surface area (Å²) in [5, 5.41) is 17.0. The van der Waals surface area contributed by atoms with Crippen LogP contribution in [0.3, 0.4) is 0 Å². The van der Waals surface area contributed by atoms with Crippen LogP contribution in [0.1, 0.15) is 20.9 Å². The van der Waals surface area contributed by atoms with Crippen molar-refractivity contribution in [1.29, 1.82) is 0 Å². The third kappa shape index (κ3) is 2.92. The predicted octanol–water partition coefficient (Wildman–Crippen LogP) is 0.957. The van der Waals surface area contributed by atoms with Gasteiger partial charge in [0.25, 0.3) is 5.91 Å². The fourth-order valence-electron chi connectivity index (χ4n) is 1.72. The topological polar surface area (TPSA) is 109 Å². The molecule has 3 rings (SSSR count). The number of aromatic nitrogens is 6. The molecular formula is C12H11N7OS. The maximum Gasteiger partial charge on any atom is 0.263 e. The highest BCUT2D eigenvalue weighted by molar-refractivity contribution is 7.17. The van der Waals surface area contributed by atoms with E-state index < -0.39 is 0 Å². The van der Waals surface area contributed by atoms with E-state index in [1.165, 1.54) is 11.3 Å². The SMILES string of the molecule is Cc1nc(-c2nn[nH]n2)sc1C(=O)NCc1cccnc1. The van der Waals surface area contributed by atoms with Crippen molar-refractivity contribution in [3.05, 3.63) is 40.7 Å². The van der Waals surface area contributed by atoms with Crippen LogP contribution >= 0.6 is 11.3 Å². The fraction of sp³-hybridized carbons (Fsp3) is 0.167. The molecule has 0 spiro atoms. The highest BCUT2D eigenvalue weighted by Gasteiger charge is 2.17. The summed E-state index contributed by atoms with van der Waals surface area (Å²) < 4.78 is 0. The van der Waals surface area contributed by atoms with Gasteiger partial charge in [-0.1, -0.05) is 6.07 Å². The van der Waals surface area contributed by atoms with Crippen LogP contribution < -0.4 is 5.32 Å². The molecule has 2 N–H and O–H groups in total. The van der Waals surface area contributed by atoms with Crippen LogP contribution in [0, 0.1) is 6.92 Å². The summed E-state index contributed by atoms with van der Waals surface area (Å²) in [6, 6.07) is 3.73. The number of carbonyl (C=O) groups excluding carboxylic acids is 1. The molecule has 9 heteroatoms. The highest BCUT2D eigenvalue weighted by atomic mass is 32.1. The number of amides is 1. The third-order valence-electron chi connectivity index (χ3n) is 2.72. The molecule has 21 heavy (non-hydrogen) atoms. The van der Waals surface area contributed by atoms with Gasteiger partial charge in [-0.25, -0.2) is 4.98 Å². The Morgan fingerprint density at radius 3 is 3.10 bits per heavy atom. The van der Waals surface area contributed by atoms with Gasteiger partial charge in [0.05, 0.1) is 5.69 Å². The lowest BCUT2D eigenvalue weighted by molar-refractivity contribution is 0.0954. The summed E-state index contributed by atoms with van der Waals surface area (Å²) in [7, 11) is 0. The van der Waals surface area contributed by atoms with Gasteiger partial charge in [0.15, 0.2) is 5.01 Å². The van der Waals surface area contributed by atoms with E-state index in [2.05, 4.69) is 35.9 Å². The van der Waals surface area contributed by atoms with Crippen LogP contribution in [0.4, 0.5) is 0 Å². The molecule has 8 nitrogen and oxygen atoms in total. The number of H-pyrrole nitrogens is 1. The minimum atomic E-state index is -0.177. The van der Waals surface area contributed by atoms with Crippen LogP contribution in [0.5, 0.6) is 0 Å². The van der Waals surface area contributed by atoms with Gasteiger partial charge in [-0.15, -0.1) is 21.5 Å². The second-order valence-electron chi connectivity index (χ2n) is 4.21. The van der Waals surface area contributed by atoms with Gasteiger partial charge in [0, 0.05) is 18.9 Å². The summed E-state index contributed by atoms with van der Waals surface area (Å²) in [5.41, 5.74) is 1.58. The zero-order chi connectivity index (χ0) is 14.7. The number of hydrogen-bond donors (Lipinski definition) is 2. The summed E-state index contributed by atoms with van der Waals surface area (Å²) >= 11 is 1.24. The minimum absolute atomic E-state index is 0.177. The first kappa shape index (κ1) is 13.3. The highest BCUT2D eigenvalue weighted by Crippen LogP contribution is 2.24. The first-order valence-corrected chi connectivity index (χ1v) is 6.94. The van der Waals surface area contributed by atoms with Crippen molar-refractivity contribution in [3.8, 4) is 10.8 Å². The summed E-state index contributed by atoms with van der Waals surface area (Å²) in [5.74, 6) is 0.206. The molecule has 0 saturated heterocycles. The van der Waals surface area contributed by atoms with Gasteiger partial charge >= 0.3 is 0 Å². The summed E-state index contributed by atoms with van der Waals surface area (Å²) in [4.78, 5) is 21.0. The summed E-state index contributed by atoms with van der Waals surface area (Å²) in [6.07, 6.45) is 3.40. The van der Waals surface area contributed by atoms with Gasteiger partial charge in [-0.2, -0.15) is 5.21 Å². The van der Waals surface area contributed by atoms with E-state index in [1.54, 1.807) is 19.3 Å². The lowest BCUT2D eigenvalue weighted by atomic mass is 10.3. The average Bonchev–Trinajstić information content (AvgIpc) is 3.15. The molecule has 0 saturated carbocycles. The molecule has 0 atom stereocenters. The average molecular weight is 301 g/mol. The number of tetrazole rings is 1. The molecule has 0 aliphatic carbocycles. The number of hydrogen-bond acceptors (Lipinski definition) is 7. The zero-order valence-electron chi connectivity index (χ0n) is 11.1. The molecule has 1 amide bonds. The van der Waals surface area contributed by atoms with Crippen molar-refractivity contribution >= 4 is 17.2 Å². The monoisotopic (exact) mass is 301 g/mol. The van der Waals surface area contributed by atoms with E-state index in [-0.39, 0.29) is 5.91 Å². The quantitative estimate of drug-likeness (QED) is 0.742. The Kier molecular flexibility index (Phi) is 3.65. The number of aryl methyl sites for hydroxylation is 1. The van der Waals surface area contributed by atoms with Gasteiger partial charge in [0.2, 0.25) is 5.82 Å². The lowest BCUT2D eigenvalue weighted by Crippen LogP contribution is -2.22. The largest absolute Gasteiger partial charge is 0.347 e. The third-order valence-corrected chi connectivity index (χ3v) is 3.87. The van der Waals surface area contributed by atoms with Gasteiger partial charge in [-0.05, 0) is 23.8 Å². The normalized spacial score (nSPS) is 10.5. The van der Waals surface area contributed by atoms with E-state index in [0.29, 0.717) is 27.9 Å². The van der Waals surface area contributed by atoms with Gasteiger partial charge in [0.1, 0.15) is 4.88 Å². The molecule has 0 bridgehead atoms. The van der Waals surface area contributed by atoms with E-state index in [1.807, 2.05) is 12.1 Å². The minimum Gasteiger partial charge on any atom is -0.347 e. The number of nitrogens with zero attached hydrogens (tertiary/aromatic N) is 5. The number of nitrogens with one attached hydrogen (secondary N) is 2. The van der Waals surface area contributed by atoms with E-state index in [9.17, 15) is 4.79 Å². The first-order valence-electron chi connectivity index (χ1n) is 6.12. The molecule has 106 valence electrons. The molecule has 0 aliphatic heterocycles. The van der Waals surface area contributed by atoms with Crippen molar-refractivity contribution in [1.82, 2.24) is 35.9 Å². The predicted molar refractivity (Wildman–Crippen MR) is 75.4 cm³/mol. The van der Waals surface area contributed by atoms with Crippen LogP contribution in [-0.4, -0.2) is 36.5 Å². The maximum atomic E-state index is 12.2. The van der Waals surface area contributed by atoms with Crippen molar-refractivity contribution in [2.24, 2.45) is 0 Å². The number of pyridine rings is 1. The van der Waals surface area contributed by atoms with Crippen LogP contribution in [0.25, 0.3) is 10.8 Å². The Balaban J connectivity index is 1.73. The van der Waals surface area contributed by atoms with Crippen LogP contribution in [-0.2, 0) is 6.54 Å². The number of carbonyl (C=O) groups is 1. The van der Waals surface area contributed by atoms with Crippen molar-refractivity contribution < 1.29 is 4.79 Å². The molecule has 3 heterocycles. The smallest absolute Gasteiger partial charge is 0.263 e. The Morgan fingerprint density at radius 1 is 1.48 bits per heavy atom. The number of rotatable bonds is 4. The maximum absolute atomic E-state index is 12.2. The molecule has 0 aromatic carbocycles. The Bertz CT molecular complexity index is 738. The molecular weight excluding hydrogens is 290 g/mol. The van der Waals surface area contributed by atoms with E-state index in [4.69, 9.17) is 0 Å². The number of aromatic amines is 1. The van der Waals surface area contributed by atoms with Crippen LogP contribution in [0.2, 0.25) is 0 Å². The fourth-order valence-corrected chi connectivity index (χ4v) is 2.63.